The van der Waals surface area contributed by atoms with Gasteiger partial charge >= 0.3 is 0 Å². The zero-order chi connectivity index (χ0) is 21.5. The van der Waals surface area contributed by atoms with Gasteiger partial charge in [0.05, 0.1) is 14.2 Å². The maximum Gasteiger partial charge on any atom is 0.297 e. The van der Waals surface area contributed by atoms with Crippen LogP contribution >= 0.6 is 23.4 Å². The van der Waals surface area contributed by atoms with Gasteiger partial charge in [0.25, 0.3) is 5.56 Å². The maximum atomic E-state index is 12.9. The van der Waals surface area contributed by atoms with Crippen LogP contribution in [0.25, 0.3) is 0 Å². The number of methoxy groups -OCH3 is 2. The molecule has 0 unspecified atom stereocenters. The molecule has 156 valence electrons. The van der Waals surface area contributed by atoms with Crippen LogP contribution in [0.5, 0.6) is 11.5 Å². The van der Waals surface area contributed by atoms with Crippen LogP contribution in [-0.2, 0) is 12.3 Å². The fourth-order valence-corrected chi connectivity index (χ4v) is 3.78. The zero-order valence-corrected chi connectivity index (χ0v) is 18.2. The Morgan fingerprint density at radius 3 is 2.67 bits per heavy atom. The number of hydrogen-bond donors (Lipinski definition) is 1. The summed E-state index contributed by atoms with van der Waals surface area (Å²) in [6, 6.07) is 12.7. The SMILES string of the molecule is C=CCn1c(SCc2ccc(OC)c(OC)c2)nnc(Nc2cccc(Cl)c2)c1=O. The Morgan fingerprint density at radius 2 is 1.97 bits per heavy atom. The van der Waals surface area contributed by atoms with Crippen molar-refractivity contribution >= 4 is 34.9 Å². The molecule has 7 nitrogen and oxygen atoms in total. The molecule has 0 saturated heterocycles. The minimum Gasteiger partial charge on any atom is -0.493 e. The van der Waals surface area contributed by atoms with E-state index in [-0.39, 0.29) is 11.4 Å². The van der Waals surface area contributed by atoms with Gasteiger partial charge in [-0.2, -0.15) is 0 Å². The van der Waals surface area contributed by atoms with E-state index < -0.39 is 0 Å². The molecule has 0 atom stereocenters. The Hall–Kier alpha value is -2.97. The molecule has 0 aliphatic carbocycles. The second-order valence-corrected chi connectivity index (χ2v) is 7.53. The van der Waals surface area contributed by atoms with Gasteiger partial charge in [0.2, 0.25) is 5.82 Å². The second kappa shape index (κ2) is 10.2. The van der Waals surface area contributed by atoms with E-state index in [0.717, 1.165) is 5.56 Å². The molecular weight excluding hydrogens is 424 g/mol. The summed E-state index contributed by atoms with van der Waals surface area (Å²) >= 11 is 7.41. The van der Waals surface area contributed by atoms with Gasteiger partial charge in [-0.1, -0.05) is 41.6 Å². The van der Waals surface area contributed by atoms with E-state index in [1.165, 1.54) is 16.3 Å². The van der Waals surface area contributed by atoms with Crippen LogP contribution in [0.3, 0.4) is 0 Å². The fourth-order valence-electron chi connectivity index (χ4n) is 2.70. The van der Waals surface area contributed by atoms with Crippen molar-refractivity contribution in [3.8, 4) is 11.5 Å². The van der Waals surface area contributed by atoms with Gasteiger partial charge in [-0.3, -0.25) is 9.36 Å². The summed E-state index contributed by atoms with van der Waals surface area (Å²) < 4.78 is 12.1. The third-order valence-corrected chi connectivity index (χ3v) is 5.40. The number of anilines is 2. The van der Waals surface area contributed by atoms with Crippen LogP contribution in [0, 0.1) is 0 Å². The largest absolute Gasteiger partial charge is 0.493 e. The topological polar surface area (TPSA) is 78.3 Å². The van der Waals surface area contributed by atoms with E-state index in [9.17, 15) is 4.79 Å². The van der Waals surface area contributed by atoms with Gasteiger partial charge < -0.3 is 14.8 Å². The average Bonchev–Trinajstić information content (AvgIpc) is 2.75. The molecule has 0 aliphatic heterocycles. The van der Waals surface area contributed by atoms with E-state index in [1.54, 1.807) is 44.6 Å². The molecule has 0 amide bonds. The molecule has 3 aromatic rings. The lowest BCUT2D eigenvalue weighted by Crippen LogP contribution is -2.26. The summed E-state index contributed by atoms with van der Waals surface area (Å²) in [6.07, 6.45) is 1.65. The monoisotopic (exact) mass is 444 g/mol. The summed E-state index contributed by atoms with van der Waals surface area (Å²) in [5.74, 6) is 2.00. The van der Waals surface area contributed by atoms with Crippen molar-refractivity contribution in [1.29, 1.82) is 0 Å². The van der Waals surface area contributed by atoms with E-state index in [0.29, 0.717) is 39.7 Å². The van der Waals surface area contributed by atoms with Gasteiger partial charge in [-0.15, -0.1) is 16.8 Å². The first-order valence-electron chi connectivity index (χ1n) is 9.00. The predicted molar refractivity (Wildman–Crippen MR) is 120 cm³/mol. The number of thioether (sulfide) groups is 1. The Kier molecular flexibility index (Phi) is 7.37. The first-order valence-corrected chi connectivity index (χ1v) is 10.4. The van der Waals surface area contributed by atoms with Crippen molar-refractivity contribution < 1.29 is 9.47 Å². The lowest BCUT2D eigenvalue weighted by Gasteiger charge is -2.12. The van der Waals surface area contributed by atoms with Crippen molar-refractivity contribution in [2.45, 2.75) is 17.5 Å². The minimum absolute atomic E-state index is 0.120. The van der Waals surface area contributed by atoms with Crippen LogP contribution in [0.1, 0.15) is 5.56 Å². The number of halogens is 1. The highest BCUT2D eigenvalue weighted by Gasteiger charge is 2.13. The molecule has 1 N–H and O–H groups in total. The number of rotatable bonds is 9. The summed E-state index contributed by atoms with van der Waals surface area (Å²) in [6.45, 7) is 4.05. The Morgan fingerprint density at radius 1 is 1.17 bits per heavy atom. The first-order chi connectivity index (χ1) is 14.5. The standard InChI is InChI=1S/C21H21ClN4O3S/c1-4-10-26-20(27)19(23-16-7-5-6-15(22)12-16)24-25-21(26)30-13-14-8-9-17(28-2)18(11-14)29-3/h4-9,11-12H,1,10,13H2,2-3H3,(H,23,24). The van der Waals surface area contributed by atoms with Gasteiger partial charge in [0, 0.05) is 23.0 Å². The number of hydrogen-bond acceptors (Lipinski definition) is 7. The van der Waals surface area contributed by atoms with Crippen LogP contribution in [-0.4, -0.2) is 29.0 Å². The van der Waals surface area contributed by atoms with Crippen LogP contribution in [0.2, 0.25) is 5.02 Å². The fraction of sp³-hybridized carbons (Fsp3) is 0.190. The number of nitrogens with zero attached hydrogens (tertiary/aromatic N) is 3. The average molecular weight is 445 g/mol. The summed E-state index contributed by atoms with van der Waals surface area (Å²) in [7, 11) is 3.18. The molecule has 0 spiro atoms. The van der Waals surface area contributed by atoms with Crippen molar-refractivity contribution in [3.63, 3.8) is 0 Å². The third-order valence-electron chi connectivity index (χ3n) is 4.13. The maximum absolute atomic E-state index is 12.9. The molecule has 0 saturated carbocycles. The molecule has 30 heavy (non-hydrogen) atoms. The molecular formula is C21H21ClN4O3S. The van der Waals surface area contributed by atoms with Crippen LogP contribution in [0.15, 0.2) is 65.1 Å². The van der Waals surface area contributed by atoms with Gasteiger partial charge in [-0.05, 0) is 35.9 Å². The highest BCUT2D eigenvalue weighted by atomic mass is 35.5. The summed E-state index contributed by atoms with van der Waals surface area (Å²) in [4.78, 5) is 12.9. The van der Waals surface area contributed by atoms with Crippen molar-refractivity contribution in [3.05, 3.63) is 76.1 Å². The number of nitrogens with one attached hydrogen (secondary N) is 1. The number of ether oxygens (including phenoxy) is 2. The molecule has 0 fully saturated rings. The van der Waals surface area contributed by atoms with Crippen LogP contribution < -0.4 is 20.3 Å². The summed E-state index contributed by atoms with van der Waals surface area (Å²) in [5, 5.41) is 12.4. The van der Waals surface area contributed by atoms with E-state index in [2.05, 4.69) is 22.1 Å². The molecule has 3 rings (SSSR count). The smallest absolute Gasteiger partial charge is 0.297 e. The molecule has 0 bridgehead atoms. The van der Waals surface area contributed by atoms with Gasteiger partial charge in [0.15, 0.2) is 16.7 Å². The molecule has 0 radical (unpaired) electrons. The predicted octanol–water partition coefficient (Wildman–Crippen LogP) is 4.53. The minimum atomic E-state index is -0.292. The van der Waals surface area contributed by atoms with Gasteiger partial charge in [0.1, 0.15) is 0 Å². The molecule has 1 aromatic heterocycles. The van der Waals surface area contributed by atoms with E-state index >= 15 is 0 Å². The Bertz CT molecular complexity index is 1100. The third kappa shape index (κ3) is 5.14. The number of benzene rings is 2. The van der Waals surface area contributed by atoms with Crippen molar-refractivity contribution in [1.82, 2.24) is 14.8 Å². The highest BCUT2D eigenvalue weighted by Crippen LogP contribution is 2.30. The van der Waals surface area contributed by atoms with Crippen molar-refractivity contribution in [2.24, 2.45) is 0 Å². The van der Waals surface area contributed by atoms with E-state index in [1.807, 2.05) is 18.2 Å². The molecule has 0 aliphatic rings. The summed E-state index contributed by atoms with van der Waals surface area (Å²) in [5.41, 5.74) is 1.36. The Labute approximate surface area is 183 Å². The molecule has 1 heterocycles. The Balaban J connectivity index is 1.83. The van der Waals surface area contributed by atoms with Crippen molar-refractivity contribution in [2.75, 3.05) is 19.5 Å². The van der Waals surface area contributed by atoms with E-state index in [4.69, 9.17) is 21.1 Å². The normalized spacial score (nSPS) is 10.5. The van der Waals surface area contributed by atoms with Crippen LogP contribution in [0.4, 0.5) is 11.5 Å². The molecule has 2 aromatic carbocycles. The second-order valence-electron chi connectivity index (χ2n) is 6.15. The first kappa shape index (κ1) is 21.7. The quantitative estimate of drug-likeness (QED) is 0.383. The van der Waals surface area contributed by atoms with Gasteiger partial charge in [-0.25, -0.2) is 0 Å². The highest BCUT2D eigenvalue weighted by molar-refractivity contribution is 7.98. The number of aromatic nitrogens is 3. The molecule has 9 heteroatoms. The lowest BCUT2D eigenvalue weighted by atomic mass is 10.2. The zero-order valence-electron chi connectivity index (χ0n) is 16.6. The lowest BCUT2D eigenvalue weighted by molar-refractivity contribution is 0.354. The number of allylic oxidation sites excluding steroid dienone is 1.